The molecule has 7 heteroatoms. The zero-order valence-electron chi connectivity index (χ0n) is 13.4. The lowest BCUT2D eigenvalue weighted by molar-refractivity contribution is -0.128. The van der Waals surface area contributed by atoms with E-state index in [0.29, 0.717) is 16.6 Å². The predicted octanol–water partition coefficient (Wildman–Crippen LogP) is 2.07. The lowest BCUT2D eigenvalue weighted by Gasteiger charge is -2.16. The molecule has 0 radical (unpaired) electrons. The maximum atomic E-state index is 12.2. The van der Waals surface area contributed by atoms with Crippen LogP contribution in [0.4, 0.5) is 5.95 Å². The number of imidazole rings is 1. The number of hydrogen-bond donors (Lipinski definition) is 3. The van der Waals surface area contributed by atoms with Crippen LogP contribution in [0.25, 0.3) is 11.0 Å². The minimum atomic E-state index is -0.651. The lowest BCUT2D eigenvalue weighted by atomic mass is 10.1. The lowest BCUT2D eigenvalue weighted by Crippen LogP contribution is -2.43. The third-order valence-corrected chi connectivity index (χ3v) is 4.35. The number of hydrogen-bond acceptors (Lipinski definition) is 4. The number of nitrogens with zero attached hydrogens (tertiary/aromatic N) is 2. The van der Waals surface area contributed by atoms with Gasteiger partial charge in [-0.15, -0.1) is 0 Å². The molecule has 1 unspecified atom stereocenters. The fraction of sp³-hybridized carbons (Fsp3) is 0.412. The summed E-state index contributed by atoms with van der Waals surface area (Å²) in [6, 6.07) is 6.61. The van der Waals surface area contributed by atoms with Gasteiger partial charge in [-0.05, 0) is 31.9 Å². The Morgan fingerprint density at radius 1 is 1.38 bits per heavy atom. The number of nitrogens with one attached hydrogen (secondary N) is 3. The first-order chi connectivity index (χ1) is 11.6. The first-order valence-corrected chi connectivity index (χ1v) is 8.08. The molecule has 1 heterocycles. The van der Waals surface area contributed by atoms with Gasteiger partial charge in [0.2, 0.25) is 17.8 Å². The van der Waals surface area contributed by atoms with Gasteiger partial charge < -0.3 is 10.3 Å². The number of para-hydroxylation sites is 1. The molecule has 3 rings (SSSR count). The normalized spacial score (nSPS) is 15.8. The number of aromatic amines is 1. The number of rotatable bonds is 4. The van der Waals surface area contributed by atoms with Crippen molar-refractivity contribution >= 4 is 28.8 Å². The van der Waals surface area contributed by atoms with Gasteiger partial charge in [-0.25, -0.2) is 4.98 Å². The van der Waals surface area contributed by atoms with Gasteiger partial charge in [0, 0.05) is 5.92 Å². The van der Waals surface area contributed by atoms with Crippen LogP contribution in [0.15, 0.2) is 18.2 Å². The Bertz CT molecular complexity index is 814. The largest absolute Gasteiger partial charge is 0.344 e. The molecule has 1 atom stereocenters. The number of carbonyl (C=O) groups excluding carboxylic acids is 2. The van der Waals surface area contributed by atoms with Crippen LogP contribution in [0.3, 0.4) is 0 Å². The van der Waals surface area contributed by atoms with E-state index in [-0.39, 0.29) is 23.7 Å². The van der Waals surface area contributed by atoms with Gasteiger partial charge in [0.15, 0.2) is 0 Å². The van der Waals surface area contributed by atoms with Crippen LogP contribution >= 0.6 is 0 Å². The van der Waals surface area contributed by atoms with E-state index in [1.807, 2.05) is 0 Å². The van der Waals surface area contributed by atoms with Gasteiger partial charge in [0.05, 0.1) is 11.1 Å². The van der Waals surface area contributed by atoms with Crippen LogP contribution in [-0.4, -0.2) is 27.8 Å². The van der Waals surface area contributed by atoms with Gasteiger partial charge in [0.25, 0.3) is 0 Å². The van der Waals surface area contributed by atoms with E-state index >= 15 is 0 Å². The van der Waals surface area contributed by atoms with Crippen molar-refractivity contribution in [3.8, 4) is 6.07 Å². The van der Waals surface area contributed by atoms with Crippen LogP contribution in [0.2, 0.25) is 0 Å². The summed E-state index contributed by atoms with van der Waals surface area (Å²) in [7, 11) is 0. The van der Waals surface area contributed by atoms with E-state index in [1.165, 1.54) is 0 Å². The van der Waals surface area contributed by atoms with Gasteiger partial charge in [0.1, 0.15) is 17.6 Å². The zero-order valence-corrected chi connectivity index (χ0v) is 13.4. The summed E-state index contributed by atoms with van der Waals surface area (Å²) >= 11 is 0. The molecule has 1 aromatic heterocycles. The van der Waals surface area contributed by atoms with Crippen molar-refractivity contribution in [2.45, 2.75) is 38.6 Å². The molecule has 1 aliphatic rings. The Hall–Kier alpha value is -2.88. The maximum Gasteiger partial charge on any atom is 0.248 e. The molecular weight excluding hydrogens is 306 g/mol. The monoisotopic (exact) mass is 325 g/mol. The predicted molar refractivity (Wildman–Crippen MR) is 89.0 cm³/mol. The van der Waals surface area contributed by atoms with Crippen molar-refractivity contribution in [2.24, 2.45) is 5.92 Å². The highest BCUT2D eigenvalue weighted by molar-refractivity contribution is 5.97. The van der Waals surface area contributed by atoms with Crippen LogP contribution in [-0.2, 0) is 9.59 Å². The Kier molecular flexibility index (Phi) is 4.47. The minimum Gasteiger partial charge on any atom is -0.344 e. The number of carbonyl (C=O) groups is 2. The van der Waals surface area contributed by atoms with Crippen LogP contribution in [0.1, 0.15) is 38.2 Å². The average Bonchev–Trinajstić information content (AvgIpc) is 3.23. The molecule has 1 aliphatic carbocycles. The fourth-order valence-electron chi connectivity index (χ4n) is 2.99. The summed E-state index contributed by atoms with van der Waals surface area (Å²) in [5.41, 5.74) is 1.62. The SMILES string of the molecule is CC(NC(=O)C1CCCC1)C(=O)Nc1nc2c(C#N)cccc2[nH]1. The molecule has 124 valence electrons. The summed E-state index contributed by atoms with van der Waals surface area (Å²) < 4.78 is 0. The van der Waals surface area contributed by atoms with E-state index < -0.39 is 6.04 Å². The molecule has 2 aromatic rings. The van der Waals surface area contributed by atoms with Crippen molar-refractivity contribution in [1.29, 1.82) is 5.26 Å². The smallest absolute Gasteiger partial charge is 0.248 e. The Labute approximate surface area is 139 Å². The highest BCUT2D eigenvalue weighted by atomic mass is 16.2. The number of H-pyrrole nitrogens is 1. The summed E-state index contributed by atoms with van der Waals surface area (Å²) in [6.45, 7) is 1.64. The molecule has 1 aromatic carbocycles. The molecule has 0 bridgehead atoms. The van der Waals surface area contributed by atoms with E-state index in [1.54, 1.807) is 25.1 Å². The number of benzene rings is 1. The van der Waals surface area contributed by atoms with Gasteiger partial charge in [-0.2, -0.15) is 5.26 Å². The molecule has 1 saturated carbocycles. The molecule has 0 saturated heterocycles. The van der Waals surface area contributed by atoms with E-state index in [0.717, 1.165) is 25.7 Å². The van der Waals surface area contributed by atoms with Crippen molar-refractivity contribution in [1.82, 2.24) is 15.3 Å². The second-order valence-electron chi connectivity index (χ2n) is 6.10. The molecule has 0 aliphatic heterocycles. The van der Waals surface area contributed by atoms with Crippen LogP contribution in [0, 0.1) is 17.2 Å². The standard InChI is InChI=1S/C17H19N5O2/c1-10(19-16(24)11-5-2-3-6-11)15(23)22-17-20-13-8-4-7-12(9-18)14(13)21-17/h4,7-8,10-11H,2-3,5-6H2,1H3,(H,19,24)(H2,20,21,22,23). The number of nitriles is 1. The summed E-state index contributed by atoms with van der Waals surface area (Å²) in [5, 5.41) is 14.5. The Balaban J connectivity index is 1.65. The van der Waals surface area contributed by atoms with E-state index in [2.05, 4.69) is 26.7 Å². The first kappa shape index (κ1) is 16.0. The van der Waals surface area contributed by atoms with Gasteiger partial charge in [-0.3, -0.25) is 14.9 Å². The van der Waals surface area contributed by atoms with Crippen LogP contribution < -0.4 is 10.6 Å². The molecule has 24 heavy (non-hydrogen) atoms. The third-order valence-electron chi connectivity index (χ3n) is 4.35. The minimum absolute atomic E-state index is 0.0182. The number of aromatic nitrogens is 2. The molecule has 0 spiro atoms. The van der Waals surface area contributed by atoms with Crippen molar-refractivity contribution in [2.75, 3.05) is 5.32 Å². The van der Waals surface area contributed by atoms with Crippen molar-refractivity contribution in [3.63, 3.8) is 0 Å². The second kappa shape index (κ2) is 6.71. The van der Waals surface area contributed by atoms with Gasteiger partial charge >= 0.3 is 0 Å². The first-order valence-electron chi connectivity index (χ1n) is 8.08. The maximum absolute atomic E-state index is 12.2. The number of anilines is 1. The Morgan fingerprint density at radius 3 is 2.83 bits per heavy atom. The highest BCUT2D eigenvalue weighted by Gasteiger charge is 2.25. The molecule has 1 fully saturated rings. The topological polar surface area (TPSA) is 111 Å². The molecular formula is C17H19N5O2. The molecule has 7 nitrogen and oxygen atoms in total. The van der Waals surface area contributed by atoms with Gasteiger partial charge in [-0.1, -0.05) is 18.9 Å². The average molecular weight is 325 g/mol. The fourth-order valence-corrected chi connectivity index (χ4v) is 2.99. The second-order valence-corrected chi connectivity index (χ2v) is 6.10. The van der Waals surface area contributed by atoms with E-state index in [4.69, 9.17) is 5.26 Å². The van der Waals surface area contributed by atoms with Crippen LogP contribution in [0.5, 0.6) is 0 Å². The summed E-state index contributed by atoms with van der Waals surface area (Å²) in [4.78, 5) is 31.5. The summed E-state index contributed by atoms with van der Waals surface area (Å²) in [6.07, 6.45) is 3.92. The highest BCUT2D eigenvalue weighted by Crippen LogP contribution is 2.24. The number of fused-ring (bicyclic) bond motifs is 1. The summed E-state index contributed by atoms with van der Waals surface area (Å²) in [5.74, 6) is -0.130. The quantitative estimate of drug-likeness (QED) is 0.799. The number of amides is 2. The molecule has 2 amide bonds. The van der Waals surface area contributed by atoms with Crippen molar-refractivity contribution in [3.05, 3.63) is 23.8 Å². The Morgan fingerprint density at radius 2 is 2.12 bits per heavy atom. The zero-order chi connectivity index (χ0) is 17.1. The molecule has 3 N–H and O–H groups in total. The van der Waals surface area contributed by atoms with E-state index in [9.17, 15) is 9.59 Å². The van der Waals surface area contributed by atoms with Crippen molar-refractivity contribution < 1.29 is 9.59 Å². The third kappa shape index (κ3) is 3.23.